The maximum atomic E-state index is 12.2. The van der Waals surface area contributed by atoms with Gasteiger partial charge >= 0.3 is 0 Å². The third-order valence-corrected chi connectivity index (χ3v) is 4.09. The van der Waals surface area contributed by atoms with E-state index in [2.05, 4.69) is 9.97 Å². The van der Waals surface area contributed by atoms with Gasteiger partial charge in [-0.3, -0.25) is 19.3 Å². The Hall–Kier alpha value is -2.51. The fraction of sp³-hybridized carbons (Fsp3) is 0.533. The van der Waals surface area contributed by atoms with Gasteiger partial charge in [-0.25, -0.2) is 9.97 Å². The predicted octanol–water partition coefficient (Wildman–Crippen LogP) is -0.00460. The molecule has 0 spiro atoms. The van der Waals surface area contributed by atoms with Crippen LogP contribution in [0.1, 0.15) is 25.7 Å². The minimum absolute atomic E-state index is 0.00370. The van der Waals surface area contributed by atoms with Crippen LogP contribution in [-0.4, -0.2) is 63.2 Å². The number of ether oxygens (including phenoxy) is 1. The van der Waals surface area contributed by atoms with E-state index >= 15 is 0 Å². The molecule has 0 aromatic carbocycles. The Bertz CT molecular complexity index is 583. The molecule has 122 valence electrons. The Morgan fingerprint density at radius 1 is 1.22 bits per heavy atom. The van der Waals surface area contributed by atoms with Crippen molar-refractivity contribution in [2.24, 2.45) is 0 Å². The molecule has 1 aromatic rings. The third-order valence-electron chi connectivity index (χ3n) is 4.09. The first kappa shape index (κ1) is 15.4. The van der Waals surface area contributed by atoms with Crippen LogP contribution < -0.4 is 4.74 Å². The number of hydrogen-bond donors (Lipinski definition) is 0. The smallest absolute Gasteiger partial charge is 0.242 e. The molecule has 0 radical (unpaired) electrons. The Labute approximate surface area is 133 Å². The van der Waals surface area contributed by atoms with Crippen molar-refractivity contribution in [2.75, 3.05) is 19.6 Å². The number of carbonyl (C=O) groups is 3. The molecule has 0 N–H and O–H groups in total. The lowest BCUT2D eigenvalue weighted by Crippen LogP contribution is -2.47. The summed E-state index contributed by atoms with van der Waals surface area (Å²) in [5.74, 6) is -0.178. The average molecular weight is 318 g/mol. The van der Waals surface area contributed by atoms with E-state index in [1.807, 2.05) is 0 Å². The van der Waals surface area contributed by atoms with E-state index in [1.54, 1.807) is 17.2 Å². The molecular weight excluding hydrogens is 300 g/mol. The van der Waals surface area contributed by atoms with Gasteiger partial charge in [0, 0.05) is 51.0 Å². The number of amides is 3. The second-order valence-electron chi connectivity index (χ2n) is 5.62. The molecule has 3 rings (SSSR count). The van der Waals surface area contributed by atoms with E-state index < -0.39 is 0 Å². The molecule has 0 unspecified atom stereocenters. The van der Waals surface area contributed by atoms with Crippen molar-refractivity contribution in [1.82, 2.24) is 19.8 Å². The van der Waals surface area contributed by atoms with E-state index in [1.165, 1.54) is 6.33 Å². The van der Waals surface area contributed by atoms with E-state index in [-0.39, 0.29) is 43.2 Å². The first-order chi connectivity index (χ1) is 11.1. The van der Waals surface area contributed by atoms with Gasteiger partial charge in [-0.05, 0) is 0 Å². The number of likely N-dealkylation sites (tertiary alicyclic amines) is 2. The van der Waals surface area contributed by atoms with Crippen molar-refractivity contribution in [2.45, 2.75) is 31.8 Å². The first-order valence-corrected chi connectivity index (χ1v) is 7.67. The number of carbonyl (C=O) groups excluding carboxylic acids is 3. The fourth-order valence-electron chi connectivity index (χ4n) is 2.78. The Balaban J connectivity index is 1.48. The number of aromatic nitrogens is 2. The van der Waals surface area contributed by atoms with Crippen LogP contribution in [0.15, 0.2) is 18.6 Å². The average Bonchev–Trinajstić information content (AvgIpc) is 2.88. The molecule has 3 amide bonds. The van der Waals surface area contributed by atoms with Gasteiger partial charge in [0.25, 0.3) is 0 Å². The van der Waals surface area contributed by atoms with Gasteiger partial charge in [0.15, 0.2) is 0 Å². The van der Waals surface area contributed by atoms with Gasteiger partial charge in [-0.15, -0.1) is 0 Å². The first-order valence-electron chi connectivity index (χ1n) is 7.67. The monoisotopic (exact) mass is 318 g/mol. The SMILES string of the molecule is O=C(CN1C(=O)CCC1=O)N1CCC(Oc2ccncn2)CC1. The molecule has 0 aliphatic carbocycles. The lowest BCUT2D eigenvalue weighted by molar-refractivity contribution is -0.146. The van der Waals surface area contributed by atoms with E-state index in [4.69, 9.17) is 4.74 Å². The summed E-state index contributed by atoms with van der Waals surface area (Å²) in [6.07, 6.45) is 4.85. The summed E-state index contributed by atoms with van der Waals surface area (Å²) in [4.78, 5) is 45.9. The highest BCUT2D eigenvalue weighted by Crippen LogP contribution is 2.18. The Morgan fingerprint density at radius 3 is 2.52 bits per heavy atom. The summed E-state index contributed by atoms with van der Waals surface area (Å²) < 4.78 is 5.74. The number of hydrogen-bond acceptors (Lipinski definition) is 6. The van der Waals surface area contributed by atoms with Crippen molar-refractivity contribution in [3.63, 3.8) is 0 Å². The van der Waals surface area contributed by atoms with Gasteiger partial charge < -0.3 is 9.64 Å². The second-order valence-corrected chi connectivity index (χ2v) is 5.62. The van der Waals surface area contributed by atoms with E-state index in [0.29, 0.717) is 31.8 Å². The lowest BCUT2D eigenvalue weighted by atomic mass is 10.1. The van der Waals surface area contributed by atoms with Gasteiger partial charge in [-0.1, -0.05) is 0 Å². The van der Waals surface area contributed by atoms with Crippen molar-refractivity contribution >= 4 is 17.7 Å². The van der Waals surface area contributed by atoms with Crippen LogP contribution in [0.4, 0.5) is 0 Å². The highest BCUT2D eigenvalue weighted by Gasteiger charge is 2.33. The summed E-state index contributed by atoms with van der Waals surface area (Å²) >= 11 is 0. The maximum absolute atomic E-state index is 12.2. The third kappa shape index (κ3) is 3.64. The maximum Gasteiger partial charge on any atom is 0.242 e. The molecule has 23 heavy (non-hydrogen) atoms. The number of nitrogens with zero attached hydrogens (tertiary/aromatic N) is 4. The summed E-state index contributed by atoms with van der Waals surface area (Å²) in [7, 11) is 0. The quantitative estimate of drug-likeness (QED) is 0.725. The van der Waals surface area contributed by atoms with Crippen molar-refractivity contribution in [3.05, 3.63) is 18.6 Å². The molecule has 0 bridgehead atoms. The van der Waals surface area contributed by atoms with Crippen molar-refractivity contribution < 1.29 is 19.1 Å². The number of imide groups is 1. The fourth-order valence-corrected chi connectivity index (χ4v) is 2.78. The van der Waals surface area contributed by atoms with Gasteiger partial charge in [0.05, 0.1) is 0 Å². The zero-order chi connectivity index (χ0) is 16.2. The second kappa shape index (κ2) is 6.72. The Kier molecular flexibility index (Phi) is 4.50. The van der Waals surface area contributed by atoms with Crippen molar-refractivity contribution in [3.8, 4) is 5.88 Å². The number of piperidine rings is 1. The largest absolute Gasteiger partial charge is 0.474 e. The molecule has 2 aliphatic heterocycles. The highest BCUT2D eigenvalue weighted by atomic mass is 16.5. The number of rotatable bonds is 4. The van der Waals surface area contributed by atoms with Crippen LogP contribution >= 0.6 is 0 Å². The molecule has 8 nitrogen and oxygen atoms in total. The summed E-state index contributed by atoms with van der Waals surface area (Å²) in [6, 6.07) is 1.70. The Morgan fingerprint density at radius 2 is 1.91 bits per heavy atom. The van der Waals surface area contributed by atoms with Gasteiger partial charge in [0.2, 0.25) is 23.6 Å². The van der Waals surface area contributed by atoms with Crippen LogP contribution in [-0.2, 0) is 14.4 Å². The molecule has 2 aliphatic rings. The zero-order valence-corrected chi connectivity index (χ0v) is 12.7. The van der Waals surface area contributed by atoms with E-state index in [0.717, 1.165) is 4.90 Å². The van der Waals surface area contributed by atoms with Crippen molar-refractivity contribution in [1.29, 1.82) is 0 Å². The lowest BCUT2D eigenvalue weighted by Gasteiger charge is -2.32. The normalized spacial score (nSPS) is 19.3. The van der Waals surface area contributed by atoms with Crippen LogP contribution in [0.5, 0.6) is 5.88 Å². The van der Waals surface area contributed by atoms with Crippen LogP contribution in [0.25, 0.3) is 0 Å². The van der Waals surface area contributed by atoms with Gasteiger partial charge in [-0.2, -0.15) is 0 Å². The highest BCUT2D eigenvalue weighted by molar-refractivity contribution is 6.04. The molecule has 8 heteroatoms. The topological polar surface area (TPSA) is 92.7 Å². The van der Waals surface area contributed by atoms with Crippen LogP contribution in [0, 0.1) is 0 Å². The standard InChI is InChI=1S/C15H18N4O4/c20-13-1-2-14(21)19(13)9-15(22)18-7-4-11(5-8-18)23-12-3-6-16-10-17-12/h3,6,10-11H,1-2,4-5,7-9H2. The molecular formula is C15H18N4O4. The van der Waals surface area contributed by atoms with Crippen LogP contribution in [0.2, 0.25) is 0 Å². The molecule has 2 fully saturated rings. The molecule has 3 heterocycles. The van der Waals surface area contributed by atoms with E-state index in [9.17, 15) is 14.4 Å². The summed E-state index contributed by atoms with van der Waals surface area (Å²) in [5, 5.41) is 0. The molecule has 2 saturated heterocycles. The molecule has 0 saturated carbocycles. The van der Waals surface area contributed by atoms with Crippen LogP contribution in [0.3, 0.4) is 0 Å². The molecule has 0 atom stereocenters. The summed E-state index contributed by atoms with van der Waals surface area (Å²) in [6.45, 7) is 0.949. The minimum atomic E-state index is -0.259. The molecule has 1 aromatic heterocycles. The predicted molar refractivity (Wildman–Crippen MR) is 78.2 cm³/mol. The minimum Gasteiger partial charge on any atom is -0.474 e. The zero-order valence-electron chi connectivity index (χ0n) is 12.7. The van der Waals surface area contributed by atoms with Gasteiger partial charge in [0.1, 0.15) is 19.0 Å². The summed E-state index contributed by atoms with van der Waals surface area (Å²) in [5.41, 5.74) is 0.